The summed E-state index contributed by atoms with van der Waals surface area (Å²) >= 11 is 0. The lowest BCUT2D eigenvalue weighted by Gasteiger charge is -2.48. The van der Waals surface area contributed by atoms with Gasteiger partial charge in [0, 0.05) is 38.8 Å². The van der Waals surface area contributed by atoms with Gasteiger partial charge in [-0.25, -0.2) is 4.79 Å². The summed E-state index contributed by atoms with van der Waals surface area (Å²) in [7, 11) is 4.70. The number of morpholine rings is 1. The van der Waals surface area contributed by atoms with E-state index in [1.165, 1.54) is 39.2 Å². The van der Waals surface area contributed by atoms with E-state index in [-0.39, 0.29) is 5.54 Å². The summed E-state index contributed by atoms with van der Waals surface area (Å²) in [6.07, 6.45) is 6.27. The van der Waals surface area contributed by atoms with E-state index < -0.39 is 5.97 Å². The molecule has 0 spiro atoms. The first kappa shape index (κ1) is 23.3. The second-order valence-corrected chi connectivity index (χ2v) is 8.19. The zero-order chi connectivity index (χ0) is 22.1. The summed E-state index contributed by atoms with van der Waals surface area (Å²) in [5.74, 6) is 0.850. The van der Waals surface area contributed by atoms with Gasteiger partial charge >= 0.3 is 5.97 Å². The van der Waals surface area contributed by atoms with Crippen LogP contribution in [0.4, 0.5) is 0 Å². The zero-order valence-electron chi connectivity index (χ0n) is 19.0. The fourth-order valence-electron chi connectivity index (χ4n) is 4.64. The lowest BCUT2D eigenvalue weighted by atomic mass is 9.80. The van der Waals surface area contributed by atoms with Crippen LogP contribution in [0.15, 0.2) is 23.2 Å². The smallest absolute Gasteiger partial charge is 0.341 e. The molecule has 1 aromatic rings. The van der Waals surface area contributed by atoms with Gasteiger partial charge in [0.25, 0.3) is 0 Å². The van der Waals surface area contributed by atoms with Crippen molar-refractivity contribution in [1.29, 1.82) is 0 Å². The molecule has 3 rings (SSSR count). The highest BCUT2D eigenvalue weighted by molar-refractivity contribution is 5.92. The van der Waals surface area contributed by atoms with Crippen LogP contribution in [-0.2, 0) is 16.0 Å². The summed E-state index contributed by atoms with van der Waals surface area (Å²) in [6, 6.07) is 5.51. The largest absolute Gasteiger partial charge is 0.496 e. The number of rotatable bonds is 7. The van der Waals surface area contributed by atoms with Crippen molar-refractivity contribution >= 4 is 11.9 Å². The van der Waals surface area contributed by atoms with Crippen LogP contribution in [0.1, 0.15) is 48.0 Å². The number of aliphatic imine (C=N–C) groups is 1. The molecule has 0 radical (unpaired) electrons. The predicted octanol–water partition coefficient (Wildman–Crippen LogP) is 2.18. The van der Waals surface area contributed by atoms with Gasteiger partial charge in [-0.15, -0.1) is 0 Å². The second-order valence-electron chi connectivity index (χ2n) is 8.19. The van der Waals surface area contributed by atoms with Crippen molar-refractivity contribution < 1.29 is 19.0 Å². The third kappa shape index (κ3) is 5.89. The Morgan fingerprint density at radius 3 is 2.55 bits per heavy atom. The number of hydrogen-bond donors (Lipinski definition) is 2. The summed E-state index contributed by atoms with van der Waals surface area (Å²) in [5, 5.41) is 6.93. The molecular weight excluding hydrogens is 396 g/mol. The fraction of sp³-hybridized carbons (Fsp3) is 0.652. The number of ether oxygens (including phenoxy) is 3. The van der Waals surface area contributed by atoms with Crippen LogP contribution in [0.25, 0.3) is 0 Å². The molecule has 1 saturated heterocycles. The van der Waals surface area contributed by atoms with Crippen LogP contribution in [-0.4, -0.2) is 76.5 Å². The van der Waals surface area contributed by atoms with E-state index in [2.05, 4.69) is 20.5 Å². The van der Waals surface area contributed by atoms with Crippen LogP contribution >= 0.6 is 0 Å². The molecule has 172 valence electrons. The van der Waals surface area contributed by atoms with E-state index in [4.69, 9.17) is 14.2 Å². The maximum absolute atomic E-state index is 12.0. The van der Waals surface area contributed by atoms with Gasteiger partial charge in [0.1, 0.15) is 11.3 Å². The molecule has 1 aliphatic heterocycles. The SMILES string of the molecule is CN=C(NCc1ccc(OC)c(C(=O)OC)c1)NCC1(N2CCOCC2)CCCCC1. The Hall–Kier alpha value is -2.32. The van der Waals surface area contributed by atoms with Crippen molar-refractivity contribution in [2.75, 3.05) is 54.1 Å². The number of carbonyl (C=O) groups excluding carboxylic acids is 1. The molecule has 2 aliphatic rings. The Bertz CT molecular complexity index is 756. The molecule has 1 aliphatic carbocycles. The van der Waals surface area contributed by atoms with Crippen LogP contribution in [0, 0.1) is 0 Å². The summed E-state index contributed by atoms with van der Waals surface area (Å²) in [5.41, 5.74) is 1.53. The molecule has 0 bridgehead atoms. The minimum absolute atomic E-state index is 0.165. The molecule has 0 atom stereocenters. The molecule has 2 N–H and O–H groups in total. The molecule has 8 heteroatoms. The second kappa shape index (κ2) is 11.3. The van der Waals surface area contributed by atoms with Gasteiger partial charge in [-0.1, -0.05) is 25.3 Å². The average molecular weight is 433 g/mol. The number of methoxy groups -OCH3 is 2. The number of guanidine groups is 1. The number of nitrogens with zero attached hydrogens (tertiary/aromatic N) is 2. The average Bonchev–Trinajstić information content (AvgIpc) is 2.84. The highest BCUT2D eigenvalue weighted by Gasteiger charge is 2.38. The Balaban J connectivity index is 1.62. The van der Waals surface area contributed by atoms with E-state index in [1.807, 2.05) is 6.07 Å². The monoisotopic (exact) mass is 432 g/mol. The number of nitrogens with one attached hydrogen (secondary N) is 2. The van der Waals surface area contributed by atoms with E-state index in [0.717, 1.165) is 44.4 Å². The van der Waals surface area contributed by atoms with Gasteiger partial charge in [0.05, 0.1) is 27.4 Å². The van der Waals surface area contributed by atoms with Gasteiger partial charge in [-0.2, -0.15) is 0 Å². The van der Waals surface area contributed by atoms with Crippen LogP contribution in [0.5, 0.6) is 5.75 Å². The van der Waals surface area contributed by atoms with Crippen molar-refractivity contribution in [3.8, 4) is 5.75 Å². The van der Waals surface area contributed by atoms with Crippen molar-refractivity contribution in [3.63, 3.8) is 0 Å². The zero-order valence-corrected chi connectivity index (χ0v) is 19.0. The first-order valence-corrected chi connectivity index (χ1v) is 11.1. The van der Waals surface area contributed by atoms with Gasteiger partial charge in [-0.3, -0.25) is 9.89 Å². The van der Waals surface area contributed by atoms with E-state index >= 15 is 0 Å². The molecule has 0 unspecified atom stereocenters. The third-order valence-corrected chi connectivity index (χ3v) is 6.40. The summed E-state index contributed by atoms with van der Waals surface area (Å²) < 4.78 is 15.7. The van der Waals surface area contributed by atoms with Crippen molar-refractivity contribution in [1.82, 2.24) is 15.5 Å². The molecule has 1 heterocycles. The highest BCUT2D eigenvalue weighted by atomic mass is 16.5. The van der Waals surface area contributed by atoms with Gasteiger partial charge in [-0.05, 0) is 30.5 Å². The number of benzene rings is 1. The van der Waals surface area contributed by atoms with Crippen molar-refractivity contribution in [3.05, 3.63) is 29.3 Å². The number of esters is 1. The Kier molecular flexibility index (Phi) is 8.54. The quantitative estimate of drug-likeness (QED) is 0.388. The Labute approximate surface area is 185 Å². The van der Waals surface area contributed by atoms with Crippen molar-refractivity contribution in [2.45, 2.75) is 44.2 Å². The molecule has 1 aromatic carbocycles. The van der Waals surface area contributed by atoms with E-state index in [0.29, 0.717) is 17.9 Å². The molecule has 1 saturated carbocycles. The number of hydrogen-bond acceptors (Lipinski definition) is 6. The molecule has 8 nitrogen and oxygen atoms in total. The fourth-order valence-corrected chi connectivity index (χ4v) is 4.64. The van der Waals surface area contributed by atoms with Crippen molar-refractivity contribution in [2.24, 2.45) is 4.99 Å². The molecule has 2 fully saturated rings. The normalized spacial score (nSPS) is 19.5. The molecule has 0 amide bonds. The molecular formula is C23H36N4O4. The lowest BCUT2D eigenvalue weighted by Crippen LogP contribution is -2.60. The van der Waals surface area contributed by atoms with Crippen LogP contribution < -0.4 is 15.4 Å². The lowest BCUT2D eigenvalue weighted by molar-refractivity contribution is -0.0352. The molecule has 31 heavy (non-hydrogen) atoms. The van der Waals surface area contributed by atoms with E-state index in [1.54, 1.807) is 26.3 Å². The van der Waals surface area contributed by atoms with Gasteiger partial charge in [0.15, 0.2) is 5.96 Å². The summed E-state index contributed by atoms with van der Waals surface area (Å²) in [4.78, 5) is 19.0. The maximum atomic E-state index is 12.0. The minimum Gasteiger partial charge on any atom is -0.496 e. The van der Waals surface area contributed by atoms with Crippen LogP contribution in [0.3, 0.4) is 0 Å². The first-order chi connectivity index (χ1) is 15.1. The van der Waals surface area contributed by atoms with E-state index in [9.17, 15) is 4.79 Å². The standard InChI is InChI=1S/C23H36N4O4/c1-24-22(25-16-18-7-8-20(29-2)19(15-18)21(28)30-3)26-17-23(9-5-4-6-10-23)27-11-13-31-14-12-27/h7-8,15H,4-6,9-14,16-17H2,1-3H3,(H2,24,25,26). The Morgan fingerprint density at radius 1 is 1.16 bits per heavy atom. The first-order valence-electron chi connectivity index (χ1n) is 11.1. The predicted molar refractivity (Wildman–Crippen MR) is 121 cm³/mol. The Morgan fingerprint density at radius 2 is 1.90 bits per heavy atom. The summed E-state index contributed by atoms with van der Waals surface area (Å²) in [6.45, 7) is 5.02. The minimum atomic E-state index is -0.411. The third-order valence-electron chi connectivity index (χ3n) is 6.40. The highest BCUT2D eigenvalue weighted by Crippen LogP contribution is 2.33. The topological polar surface area (TPSA) is 84.4 Å². The van der Waals surface area contributed by atoms with Crippen LogP contribution in [0.2, 0.25) is 0 Å². The number of carbonyl (C=O) groups is 1. The van der Waals surface area contributed by atoms with Gasteiger partial charge < -0.3 is 24.8 Å². The maximum Gasteiger partial charge on any atom is 0.341 e. The molecule has 0 aromatic heterocycles. The van der Waals surface area contributed by atoms with Gasteiger partial charge in [0.2, 0.25) is 0 Å².